The number of nitrogens with zero attached hydrogens (tertiary/aromatic N) is 1. The van der Waals surface area contributed by atoms with E-state index in [-0.39, 0.29) is 6.42 Å². The third kappa shape index (κ3) is 3.51. The zero-order valence-corrected chi connectivity index (χ0v) is 12.8. The maximum absolute atomic E-state index is 10.5. The van der Waals surface area contributed by atoms with Crippen LogP contribution < -0.4 is 5.46 Å². The number of aliphatic carboxylic acids is 1. The van der Waals surface area contributed by atoms with E-state index in [4.69, 9.17) is 14.4 Å². The van der Waals surface area contributed by atoms with Crippen molar-refractivity contribution in [2.75, 3.05) is 0 Å². The highest BCUT2D eigenvalue weighted by atomic mass is 16.7. The molecule has 5 nitrogen and oxygen atoms in total. The van der Waals surface area contributed by atoms with Crippen LogP contribution in [0.3, 0.4) is 0 Å². The molecule has 21 heavy (non-hydrogen) atoms. The number of carbonyl (C=O) groups is 1. The summed E-state index contributed by atoms with van der Waals surface area (Å²) < 4.78 is 11.9. The van der Waals surface area contributed by atoms with Crippen LogP contribution in [0.4, 0.5) is 0 Å². The molecule has 1 fully saturated rings. The molecular weight excluding hydrogens is 269 g/mol. The van der Waals surface area contributed by atoms with Crippen molar-refractivity contribution in [2.24, 2.45) is 0 Å². The number of hydrogen-bond donors (Lipinski definition) is 1. The van der Waals surface area contributed by atoms with Crippen LogP contribution in [0.1, 0.15) is 39.7 Å². The van der Waals surface area contributed by atoms with Gasteiger partial charge in [0.05, 0.1) is 17.6 Å². The van der Waals surface area contributed by atoms with Gasteiger partial charge in [0.1, 0.15) is 0 Å². The molecular formula is C15H20BNO4. The van der Waals surface area contributed by atoms with E-state index in [2.05, 4.69) is 4.98 Å². The van der Waals surface area contributed by atoms with Crippen LogP contribution in [-0.2, 0) is 14.1 Å². The fourth-order valence-corrected chi connectivity index (χ4v) is 1.97. The molecule has 1 N–H and O–H groups in total. The molecule has 2 heterocycles. The Bertz CT molecular complexity index is 553. The topological polar surface area (TPSA) is 68.7 Å². The first-order valence-corrected chi connectivity index (χ1v) is 6.90. The van der Waals surface area contributed by atoms with E-state index in [1.165, 1.54) is 0 Å². The second-order valence-corrected chi connectivity index (χ2v) is 6.14. The van der Waals surface area contributed by atoms with Gasteiger partial charge in [-0.3, -0.25) is 9.78 Å². The maximum Gasteiger partial charge on any atom is 0.496 e. The van der Waals surface area contributed by atoms with Gasteiger partial charge >= 0.3 is 13.1 Å². The summed E-state index contributed by atoms with van der Waals surface area (Å²) in [5.41, 5.74) is 0.856. The highest BCUT2D eigenvalue weighted by Crippen LogP contribution is 2.36. The van der Waals surface area contributed by atoms with E-state index in [0.29, 0.717) is 0 Å². The predicted octanol–water partition coefficient (Wildman–Crippen LogP) is 1.87. The lowest BCUT2D eigenvalue weighted by molar-refractivity contribution is -0.135. The molecule has 1 saturated heterocycles. The first-order valence-electron chi connectivity index (χ1n) is 6.90. The van der Waals surface area contributed by atoms with Crippen molar-refractivity contribution in [1.82, 2.24) is 4.98 Å². The van der Waals surface area contributed by atoms with Crippen LogP contribution in [0.25, 0.3) is 6.08 Å². The summed E-state index contributed by atoms with van der Waals surface area (Å²) in [4.78, 5) is 14.7. The first kappa shape index (κ1) is 15.7. The average Bonchev–Trinajstić information content (AvgIpc) is 2.58. The minimum absolute atomic E-state index is 0.0132. The van der Waals surface area contributed by atoms with Crippen molar-refractivity contribution in [2.45, 2.75) is 45.3 Å². The molecule has 0 amide bonds. The molecule has 0 aromatic carbocycles. The van der Waals surface area contributed by atoms with E-state index >= 15 is 0 Å². The van der Waals surface area contributed by atoms with Gasteiger partial charge in [-0.1, -0.05) is 18.2 Å². The Hall–Kier alpha value is -1.66. The van der Waals surface area contributed by atoms with Gasteiger partial charge in [0.2, 0.25) is 0 Å². The summed E-state index contributed by atoms with van der Waals surface area (Å²) in [6.45, 7) is 7.99. The van der Waals surface area contributed by atoms with Gasteiger partial charge in [0, 0.05) is 17.9 Å². The second-order valence-electron chi connectivity index (χ2n) is 6.14. The van der Waals surface area contributed by atoms with Crippen LogP contribution in [0.2, 0.25) is 0 Å². The van der Waals surface area contributed by atoms with Crippen LogP contribution in [0.15, 0.2) is 24.5 Å². The molecule has 2 rings (SSSR count). The van der Waals surface area contributed by atoms with E-state index < -0.39 is 24.3 Å². The quantitative estimate of drug-likeness (QED) is 0.857. The molecule has 0 unspecified atom stereocenters. The van der Waals surface area contributed by atoms with Crippen LogP contribution in [0, 0.1) is 0 Å². The Kier molecular flexibility index (Phi) is 4.21. The molecule has 1 aliphatic rings. The van der Waals surface area contributed by atoms with Crippen molar-refractivity contribution in [3.05, 3.63) is 30.1 Å². The van der Waals surface area contributed by atoms with Gasteiger partial charge in [0.25, 0.3) is 0 Å². The molecule has 1 aromatic heterocycles. The fraction of sp³-hybridized carbons (Fsp3) is 0.467. The minimum Gasteiger partial charge on any atom is -0.481 e. The summed E-state index contributed by atoms with van der Waals surface area (Å²) in [6, 6.07) is 1.90. The van der Waals surface area contributed by atoms with E-state index in [9.17, 15) is 4.79 Å². The summed E-state index contributed by atoms with van der Waals surface area (Å²) in [6.07, 6.45) is 6.69. The largest absolute Gasteiger partial charge is 0.496 e. The molecule has 0 aliphatic carbocycles. The number of carboxylic acids is 1. The lowest BCUT2D eigenvalue weighted by Crippen LogP contribution is -2.41. The summed E-state index contributed by atoms with van der Waals surface area (Å²) in [5.74, 6) is -0.860. The summed E-state index contributed by atoms with van der Waals surface area (Å²) in [7, 11) is -0.463. The zero-order valence-electron chi connectivity index (χ0n) is 12.8. The lowest BCUT2D eigenvalue weighted by Gasteiger charge is -2.32. The van der Waals surface area contributed by atoms with Gasteiger partial charge < -0.3 is 14.4 Å². The van der Waals surface area contributed by atoms with Crippen molar-refractivity contribution in [1.29, 1.82) is 0 Å². The number of hydrogen-bond acceptors (Lipinski definition) is 4. The Morgan fingerprint density at radius 2 is 1.90 bits per heavy atom. The minimum atomic E-state index is -0.860. The molecule has 1 aromatic rings. The SMILES string of the molecule is CC1(C)OB(c2cncc(C=CCC(=O)O)c2)OC1(C)C. The third-order valence-corrected chi connectivity index (χ3v) is 3.91. The molecule has 6 heteroatoms. The molecule has 0 bridgehead atoms. The van der Waals surface area contributed by atoms with Gasteiger partial charge in [-0.25, -0.2) is 0 Å². The van der Waals surface area contributed by atoms with E-state index in [1.54, 1.807) is 24.5 Å². The van der Waals surface area contributed by atoms with E-state index in [1.807, 2.05) is 33.8 Å². The average molecular weight is 289 g/mol. The zero-order chi connectivity index (χ0) is 15.7. The lowest BCUT2D eigenvalue weighted by atomic mass is 9.80. The first-order chi connectivity index (χ1) is 9.71. The van der Waals surface area contributed by atoms with Gasteiger partial charge in [-0.15, -0.1) is 0 Å². The Balaban J connectivity index is 2.16. The summed E-state index contributed by atoms with van der Waals surface area (Å²) >= 11 is 0. The van der Waals surface area contributed by atoms with Crippen molar-refractivity contribution in [3.63, 3.8) is 0 Å². The van der Waals surface area contributed by atoms with Crippen LogP contribution in [-0.4, -0.2) is 34.4 Å². The molecule has 1 aliphatic heterocycles. The van der Waals surface area contributed by atoms with Crippen LogP contribution >= 0.6 is 0 Å². The predicted molar refractivity (Wildman–Crippen MR) is 81.2 cm³/mol. The number of pyridine rings is 1. The number of carboxylic acid groups (broad SMARTS) is 1. The van der Waals surface area contributed by atoms with E-state index in [0.717, 1.165) is 11.0 Å². The third-order valence-electron chi connectivity index (χ3n) is 3.91. The van der Waals surface area contributed by atoms with Gasteiger partial charge in [-0.2, -0.15) is 0 Å². The highest BCUT2D eigenvalue weighted by molar-refractivity contribution is 6.62. The normalized spacial score (nSPS) is 20.1. The highest BCUT2D eigenvalue weighted by Gasteiger charge is 2.51. The molecule has 0 radical (unpaired) electrons. The van der Waals surface area contributed by atoms with Crippen molar-refractivity contribution < 1.29 is 19.2 Å². The number of aromatic nitrogens is 1. The molecule has 112 valence electrons. The fourth-order valence-electron chi connectivity index (χ4n) is 1.97. The second kappa shape index (κ2) is 5.62. The monoisotopic (exact) mass is 289 g/mol. The Morgan fingerprint density at radius 3 is 2.48 bits per heavy atom. The molecule has 0 atom stereocenters. The van der Waals surface area contributed by atoms with Gasteiger partial charge in [0.15, 0.2) is 0 Å². The van der Waals surface area contributed by atoms with Gasteiger partial charge in [-0.05, 0) is 33.3 Å². The summed E-state index contributed by atoms with van der Waals surface area (Å²) in [5, 5.41) is 8.63. The Labute approximate surface area is 125 Å². The number of rotatable bonds is 4. The molecule has 0 spiro atoms. The maximum atomic E-state index is 10.5. The van der Waals surface area contributed by atoms with Crippen LogP contribution in [0.5, 0.6) is 0 Å². The standard InChI is InChI=1S/C15H20BNO4/c1-14(2)15(3,4)21-16(20-14)12-8-11(9-17-10-12)6-5-7-13(18)19/h5-6,8-10H,7H2,1-4H3,(H,18,19). The Morgan fingerprint density at radius 1 is 1.29 bits per heavy atom. The van der Waals surface area contributed by atoms with Crippen molar-refractivity contribution >= 4 is 24.6 Å². The van der Waals surface area contributed by atoms with Crippen molar-refractivity contribution in [3.8, 4) is 0 Å². The molecule has 0 saturated carbocycles. The smallest absolute Gasteiger partial charge is 0.481 e.